The van der Waals surface area contributed by atoms with Crippen molar-refractivity contribution in [1.82, 2.24) is 4.98 Å². The molecule has 0 aliphatic carbocycles. The lowest BCUT2D eigenvalue weighted by Crippen LogP contribution is -1.98. The number of nitrogens with zero attached hydrogens (tertiary/aromatic N) is 1. The van der Waals surface area contributed by atoms with Gasteiger partial charge in [0.1, 0.15) is 5.52 Å². The van der Waals surface area contributed by atoms with Crippen LogP contribution in [0.25, 0.3) is 11.1 Å². The number of fused-ring (bicyclic) bond motifs is 1. The first-order valence-electron chi connectivity index (χ1n) is 5.65. The van der Waals surface area contributed by atoms with Crippen molar-refractivity contribution in [1.29, 1.82) is 0 Å². The van der Waals surface area contributed by atoms with Gasteiger partial charge < -0.3 is 9.73 Å². The Hall–Kier alpha value is -2.00. The maximum atomic E-state index is 5.90. The molecule has 0 aliphatic heterocycles. The molecule has 0 atom stereocenters. The first kappa shape index (κ1) is 11.1. The van der Waals surface area contributed by atoms with Crippen LogP contribution < -0.4 is 5.32 Å². The number of nitrogens with one attached hydrogen (secondary N) is 1. The molecule has 0 aliphatic rings. The van der Waals surface area contributed by atoms with E-state index in [1.807, 2.05) is 36.4 Å². The largest absolute Gasteiger partial charge is 0.439 e. The Balaban J connectivity index is 1.79. The summed E-state index contributed by atoms with van der Waals surface area (Å²) in [5.74, 6) is 0.649. The summed E-state index contributed by atoms with van der Waals surface area (Å²) < 4.78 is 5.61. The van der Waals surface area contributed by atoms with Crippen molar-refractivity contribution in [2.45, 2.75) is 6.54 Å². The van der Waals surface area contributed by atoms with Gasteiger partial charge in [-0.05, 0) is 24.3 Å². The van der Waals surface area contributed by atoms with Crippen molar-refractivity contribution in [2.75, 3.05) is 5.32 Å². The molecule has 2 aromatic carbocycles. The van der Waals surface area contributed by atoms with Crippen molar-refractivity contribution in [3.8, 4) is 0 Å². The lowest BCUT2D eigenvalue weighted by atomic mass is 10.3. The zero-order chi connectivity index (χ0) is 12.4. The highest BCUT2D eigenvalue weighted by Gasteiger charge is 2.05. The van der Waals surface area contributed by atoms with Gasteiger partial charge in [-0.15, -0.1) is 0 Å². The molecule has 1 heterocycles. The van der Waals surface area contributed by atoms with Gasteiger partial charge in [-0.2, -0.15) is 0 Å². The molecule has 0 radical (unpaired) electrons. The molecule has 4 heteroatoms. The van der Waals surface area contributed by atoms with E-state index in [2.05, 4.69) is 10.3 Å². The summed E-state index contributed by atoms with van der Waals surface area (Å²) >= 11 is 5.90. The number of hydrogen-bond acceptors (Lipinski definition) is 3. The van der Waals surface area contributed by atoms with Crippen molar-refractivity contribution < 1.29 is 4.42 Å². The van der Waals surface area contributed by atoms with E-state index >= 15 is 0 Å². The first-order valence-corrected chi connectivity index (χ1v) is 6.03. The molecular weight excluding hydrogens is 248 g/mol. The van der Waals surface area contributed by atoms with E-state index in [0.29, 0.717) is 23.0 Å². The molecule has 0 fully saturated rings. The molecule has 3 aromatic rings. The third kappa shape index (κ3) is 2.31. The lowest BCUT2D eigenvalue weighted by molar-refractivity contribution is 0.540. The standard InChI is InChI=1S/C14H11ClN2O/c15-10-6-7-12-13(8-10)18-14(17-12)9-16-11-4-2-1-3-5-11/h1-8,16H,9H2. The van der Waals surface area contributed by atoms with Gasteiger partial charge in [0, 0.05) is 16.8 Å². The molecule has 0 spiro atoms. The topological polar surface area (TPSA) is 38.1 Å². The molecule has 0 amide bonds. The average Bonchev–Trinajstić information content (AvgIpc) is 2.79. The van der Waals surface area contributed by atoms with Gasteiger partial charge >= 0.3 is 0 Å². The molecule has 0 unspecified atom stereocenters. The third-order valence-electron chi connectivity index (χ3n) is 2.61. The fourth-order valence-electron chi connectivity index (χ4n) is 1.76. The van der Waals surface area contributed by atoms with Gasteiger partial charge in [0.05, 0.1) is 6.54 Å². The quantitative estimate of drug-likeness (QED) is 0.769. The minimum atomic E-state index is 0.552. The van der Waals surface area contributed by atoms with Gasteiger partial charge in [-0.25, -0.2) is 4.98 Å². The molecule has 3 nitrogen and oxygen atoms in total. The summed E-state index contributed by atoms with van der Waals surface area (Å²) in [5.41, 5.74) is 2.58. The predicted molar refractivity (Wildman–Crippen MR) is 72.8 cm³/mol. The van der Waals surface area contributed by atoms with Crippen LogP contribution in [0.3, 0.4) is 0 Å². The fourth-order valence-corrected chi connectivity index (χ4v) is 1.92. The normalized spacial score (nSPS) is 10.7. The Labute approximate surface area is 109 Å². The number of anilines is 1. The Bertz CT molecular complexity index is 664. The van der Waals surface area contributed by atoms with E-state index < -0.39 is 0 Å². The first-order chi connectivity index (χ1) is 8.81. The molecule has 1 N–H and O–H groups in total. The van der Waals surface area contributed by atoms with E-state index in [1.165, 1.54) is 0 Å². The summed E-state index contributed by atoms with van der Waals surface area (Å²) in [6, 6.07) is 15.4. The Morgan fingerprint density at radius 2 is 1.94 bits per heavy atom. The van der Waals surface area contributed by atoms with E-state index in [0.717, 1.165) is 11.2 Å². The minimum absolute atomic E-state index is 0.552. The van der Waals surface area contributed by atoms with Gasteiger partial charge in [0.25, 0.3) is 0 Å². The molecule has 1 aromatic heterocycles. The number of hydrogen-bond donors (Lipinski definition) is 1. The molecule has 0 bridgehead atoms. The van der Waals surface area contributed by atoms with Crippen LogP contribution in [0.2, 0.25) is 5.02 Å². The third-order valence-corrected chi connectivity index (χ3v) is 2.85. The van der Waals surface area contributed by atoms with Crippen LogP contribution in [-0.2, 0) is 6.54 Å². The number of aromatic nitrogens is 1. The van der Waals surface area contributed by atoms with Gasteiger partial charge in [0.15, 0.2) is 5.58 Å². The van der Waals surface area contributed by atoms with Crippen LogP contribution in [0, 0.1) is 0 Å². The second-order valence-corrected chi connectivity index (χ2v) is 4.38. The molecular formula is C14H11ClN2O. The number of para-hydroxylation sites is 1. The number of rotatable bonds is 3. The zero-order valence-electron chi connectivity index (χ0n) is 9.56. The zero-order valence-corrected chi connectivity index (χ0v) is 10.3. The minimum Gasteiger partial charge on any atom is -0.439 e. The summed E-state index contributed by atoms with van der Waals surface area (Å²) in [5, 5.41) is 3.90. The van der Waals surface area contributed by atoms with E-state index in [9.17, 15) is 0 Å². The Morgan fingerprint density at radius 1 is 1.11 bits per heavy atom. The summed E-state index contributed by atoms with van der Waals surface area (Å²) in [4.78, 5) is 4.38. The van der Waals surface area contributed by atoms with Crippen LogP contribution in [0.1, 0.15) is 5.89 Å². The molecule has 3 rings (SSSR count). The van der Waals surface area contributed by atoms with Crippen molar-refractivity contribution in [3.05, 3.63) is 59.4 Å². The molecule has 18 heavy (non-hydrogen) atoms. The van der Waals surface area contributed by atoms with E-state index in [4.69, 9.17) is 16.0 Å². The summed E-state index contributed by atoms with van der Waals surface area (Å²) in [7, 11) is 0. The fraction of sp³-hybridized carbons (Fsp3) is 0.0714. The summed E-state index contributed by atoms with van der Waals surface area (Å²) in [6.45, 7) is 0.552. The smallest absolute Gasteiger partial charge is 0.214 e. The predicted octanol–water partition coefficient (Wildman–Crippen LogP) is 4.09. The van der Waals surface area contributed by atoms with Crippen LogP contribution in [0.4, 0.5) is 5.69 Å². The van der Waals surface area contributed by atoms with Gasteiger partial charge in [-0.3, -0.25) is 0 Å². The second-order valence-electron chi connectivity index (χ2n) is 3.94. The van der Waals surface area contributed by atoms with Crippen molar-refractivity contribution in [2.24, 2.45) is 0 Å². The number of halogens is 1. The Morgan fingerprint density at radius 3 is 2.78 bits per heavy atom. The van der Waals surface area contributed by atoms with Crippen LogP contribution >= 0.6 is 11.6 Å². The highest BCUT2D eigenvalue weighted by atomic mass is 35.5. The molecule has 0 saturated heterocycles. The van der Waals surface area contributed by atoms with E-state index in [-0.39, 0.29) is 0 Å². The van der Waals surface area contributed by atoms with Crippen LogP contribution in [0.15, 0.2) is 52.9 Å². The Kier molecular flexibility index (Phi) is 2.90. The lowest BCUT2D eigenvalue weighted by Gasteiger charge is -2.01. The average molecular weight is 259 g/mol. The SMILES string of the molecule is Clc1ccc2nc(CNc3ccccc3)oc2c1. The second kappa shape index (κ2) is 4.70. The van der Waals surface area contributed by atoms with Crippen LogP contribution in [0.5, 0.6) is 0 Å². The maximum absolute atomic E-state index is 5.90. The van der Waals surface area contributed by atoms with Crippen molar-refractivity contribution in [3.63, 3.8) is 0 Å². The number of oxazole rings is 1. The molecule has 0 saturated carbocycles. The van der Waals surface area contributed by atoms with Crippen LogP contribution in [-0.4, -0.2) is 4.98 Å². The van der Waals surface area contributed by atoms with Crippen molar-refractivity contribution >= 4 is 28.4 Å². The highest BCUT2D eigenvalue weighted by molar-refractivity contribution is 6.31. The maximum Gasteiger partial charge on any atom is 0.214 e. The van der Waals surface area contributed by atoms with Gasteiger partial charge in [0.2, 0.25) is 5.89 Å². The molecule has 90 valence electrons. The monoisotopic (exact) mass is 258 g/mol. The summed E-state index contributed by atoms with van der Waals surface area (Å²) in [6.07, 6.45) is 0. The van der Waals surface area contributed by atoms with E-state index in [1.54, 1.807) is 12.1 Å². The highest BCUT2D eigenvalue weighted by Crippen LogP contribution is 2.20. The number of benzene rings is 2. The van der Waals surface area contributed by atoms with Gasteiger partial charge in [-0.1, -0.05) is 29.8 Å².